The van der Waals surface area contributed by atoms with Crippen LogP contribution in [-0.2, 0) is 14.8 Å². The highest BCUT2D eigenvalue weighted by atomic mass is 32.2. The third-order valence-corrected chi connectivity index (χ3v) is 7.20. The Bertz CT molecular complexity index is 997. The summed E-state index contributed by atoms with van der Waals surface area (Å²) in [6.07, 6.45) is 0.834. The van der Waals surface area contributed by atoms with Crippen molar-refractivity contribution in [2.45, 2.75) is 38.5 Å². The Balaban J connectivity index is 1.43. The van der Waals surface area contributed by atoms with Crippen LogP contribution in [0.3, 0.4) is 0 Å². The zero-order chi connectivity index (χ0) is 21.7. The molecule has 3 rings (SSSR count). The second-order valence-electron chi connectivity index (χ2n) is 7.90. The molecule has 1 aliphatic heterocycles. The Labute approximate surface area is 179 Å². The molecule has 1 saturated heterocycles. The molecule has 30 heavy (non-hydrogen) atoms. The summed E-state index contributed by atoms with van der Waals surface area (Å²) in [4.78, 5) is 17.0. The second-order valence-corrected chi connectivity index (χ2v) is 9.67. The zero-order valence-electron chi connectivity index (χ0n) is 18.0. The molecular weight excluding hydrogens is 398 g/mol. The van der Waals surface area contributed by atoms with E-state index in [-0.39, 0.29) is 17.3 Å². The summed E-state index contributed by atoms with van der Waals surface area (Å²) in [6, 6.07) is 13.4. The van der Waals surface area contributed by atoms with E-state index in [2.05, 4.69) is 28.7 Å². The number of nitrogens with one attached hydrogen (secondary N) is 1. The molecule has 0 aliphatic carbocycles. The highest BCUT2D eigenvalue weighted by molar-refractivity contribution is 7.89. The van der Waals surface area contributed by atoms with Crippen molar-refractivity contribution in [2.75, 3.05) is 37.6 Å². The number of sulfonamides is 1. The fourth-order valence-electron chi connectivity index (χ4n) is 3.68. The summed E-state index contributed by atoms with van der Waals surface area (Å²) in [5.41, 5.74) is 4.47. The molecular formula is C23H31N3O3S. The summed E-state index contributed by atoms with van der Waals surface area (Å²) in [6.45, 7) is 9.22. The fourth-order valence-corrected chi connectivity index (χ4v) is 4.84. The molecule has 0 atom stereocenters. The molecule has 162 valence electrons. The Kier molecular flexibility index (Phi) is 7.15. The molecule has 0 radical (unpaired) electrons. The van der Waals surface area contributed by atoms with Crippen molar-refractivity contribution in [1.29, 1.82) is 0 Å². The van der Waals surface area contributed by atoms with E-state index in [0.29, 0.717) is 25.9 Å². The van der Waals surface area contributed by atoms with Gasteiger partial charge in [-0.05, 0) is 62.1 Å². The molecule has 7 heteroatoms. The fraction of sp³-hybridized carbons (Fsp3) is 0.435. The van der Waals surface area contributed by atoms with Crippen molar-refractivity contribution in [1.82, 2.24) is 9.62 Å². The van der Waals surface area contributed by atoms with Crippen molar-refractivity contribution in [2.24, 2.45) is 0 Å². The molecule has 1 fully saturated rings. The van der Waals surface area contributed by atoms with Crippen molar-refractivity contribution < 1.29 is 13.2 Å². The highest BCUT2D eigenvalue weighted by Crippen LogP contribution is 2.21. The van der Waals surface area contributed by atoms with Crippen molar-refractivity contribution in [3.63, 3.8) is 0 Å². The van der Waals surface area contributed by atoms with E-state index in [4.69, 9.17) is 0 Å². The lowest BCUT2D eigenvalue weighted by Gasteiger charge is -2.37. The van der Waals surface area contributed by atoms with Crippen LogP contribution in [0.15, 0.2) is 47.4 Å². The molecule has 0 bridgehead atoms. The first-order valence-corrected chi connectivity index (χ1v) is 11.9. The number of hydrogen-bond acceptors (Lipinski definition) is 4. The second kappa shape index (κ2) is 9.62. The quantitative estimate of drug-likeness (QED) is 0.687. The normalized spacial score (nSPS) is 14.8. The van der Waals surface area contributed by atoms with Gasteiger partial charge in [0.15, 0.2) is 0 Å². The van der Waals surface area contributed by atoms with Crippen LogP contribution in [0, 0.1) is 20.8 Å². The Morgan fingerprint density at radius 3 is 2.30 bits per heavy atom. The van der Waals surface area contributed by atoms with E-state index in [1.54, 1.807) is 12.1 Å². The lowest BCUT2D eigenvalue weighted by atomic mass is 10.1. The molecule has 0 spiro atoms. The minimum atomic E-state index is -3.55. The topological polar surface area (TPSA) is 69.7 Å². The first-order chi connectivity index (χ1) is 14.3. The molecule has 1 heterocycles. The summed E-state index contributed by atoms with van der Waals surface area (Å²) in [5.74, 6) is 0.0878. The van der Waals surface area contributed by atoms with Crippen LogP contribution < -0.4 is 9.62 Å². The van der Waals surface area contributed by atoms with Crippen molar-refractivity contribution >= 4 is 21.6 Å². The van der Waals surface area contributed by atoms with Crippen LogP contribution in [0.5, 0.6) is 0 Å². The first-order valence-electron chi connectivity index (χ1n) is 10.4. The van der Waals surface area contributed by atoms with Crippen LogP contribution >= 0.6 is 0 Å². The molecule has 0 unspecified atom stereocenters. The standard InChI is InChI=1S/C23H31N3O3S/c1-18-10-11-21(17-20(18)3)30(28,29)24-12-6-9-23(27)26-15-13-25(14-16-26)22-8-5-4-7-19(22)2/h4-5,7-8,10-11,17,24H,6,9,12-16H2,1-3H3. The number of piperazine rings is 1. The summed E-state index contributed by atoms with van der Waals surface area (Å²) in [7, 11) is -3.55. The van der Waals surface area contributed by atoms with E-state index in [0.717, 1.165) is 24.2 Å². The summed E-state index contributed by atoms with van der Waals surface area (Å²) >= 11 is 0. The third kappa shape index (κ3) is 5.40. The van der Waals surface area contributed by atoms with E-state index < -0.39 is 10.0 Å². The molecule has 1 N–H and O–H groups in total. The minimum Gasteiger partial charge on any atom is -0.368 e. The van der Waals surface area contributed by atoms with Crippen LogP contribution in [0.1, 0.15) is 29.5 Å². The van der Waals surface area contributed by atoms with E-state index in [1.807, 2.05) is 36.9 Å². The first kappa shape index (κ1) is 22.3. The maximum Gasteiger partial charge on any atom is 0.240 e. The number of benzene rings is 2. The third-order valence-electron chi connectivity index (χ3n) is 5.74. The Morgan fingerprint density at radius 2 is 1.63 bits per heavy atom. The minimum absolute atomic E-state index is 0.0878. The predicted octanol–water partition coefficient (Wildman–Crippen LogP) is 3.02. The monoisotopic (exact) mass is 429 g/mol. The highest BCUT2D eigenvalue weighted by Gasteiger charge is 2.22. The average molecular weight is 430 g/mol. The van der Waals surface area contributed by atoms with E-state index in [9.17, 15) is 13.2 Å². The van der Waals surface area contributed by atoms with Gasteiger partial charge in [0, 0.05) is 44.8 Å². The van der Waals surface area contributed by atoms with Gasteiger partial charge in [0.1, 0.15) is 0 Å². The van der Waals surface area contributed by atoms with Gasteiger partial charge >= 0.3 is 0 Å². The number of carbonyl (C=O) groups is 1. The smallest absolute Gasteiger partial charge is 0.240 e. The molecule has 1 amide bonds. The number of amides is 1. The van der Waals surface area contributed by atoms with Gasteiger partial charge in [0.25, 0.3) is 0 Å². The molecule has 2 aromatic carbocycles. The number of hydrogen-bond donors (Lipinski definition) is 1. The number of anilines is 1. The Morgan fingerprint density at radius 1 is 0.933 bits per heavy atom. The molecule has 0 aromatic heterocycles. The Hall–Kier alpha value is -2.38. The van der Waals surface area contributed by atoms with Crippen LogP contribution in [-0.4, -0.2) is 51.9 Å². The largest absolute Gasteiger partial charge is 0.368 e. The van der Waals surface area contributed by atoms with Gasteiger partial charge in [-0.3, -0.25) is 4.79 Å². The zero-order valence-corrected chi connectivity index (χ0v) is 18.8. The summed E-state index contributed by atoms with van der Waals surface area (Å²) < 4.78 is 27.5. The van der Waals surface area contributed by atoms with Crippen molar-refractivity contribution in [3.05, 3.63) is 59.2 Å². The van der Waals surface area contributed by atoms with Gasteiger partial charge in [-0.1, -0.05) is 24.3 Å². The van der Waals surface area contributed by atoms with Gasteiger partial charge in [0.05, 0.1) is 4.90 Å². The number of rotatable bonds is 7. The van der Waals surface area contributed by atoms with Gasteiger partial charge in [0.2, 0.25) is 15.9 Å². The maximum atomic E-state index is 12.5. The molecule has 2 aromatic rings. The number of carbonyl (C=O) groups excluding carboxylic acids is 1. The van der Waals surface area contributed by atoms with Gasteiger partial charge < -0.3 is 9.80 Å². The van der Waals surface area contributed by atoms with Crippen molar-refractivity contribution in [3.8, 4) is 0 Å². The van der Waals surface area contributed by atoms with E-state index >= 15 is 0 Å². The number of para-hydroxylation sites is 1. The van der Waals surface area contributed by atoms with Gasteiger partial charge in [-0.2, -0.15) is 0 Å². The number of nitrogens with zero attached hydrogens (tertiary/aromatic N) is 2. The molecule has 0 saturated carbocycles. The average Bonchev–Trinajstić information content (AvgIpc) is 2.73. The molecule has 1 aliphatic rings. The lowest BCUT2D eigenvalue weighted by Crippen LogP contribution is -2.49. The SMILES string of the molecule is Cc1ccc(S(=O)(=O)NCCCC(=O)N2CCN(c3ccccc3C)CC2)cc1C. The summed E-state index contributed by atoms with van der Waals surface area (Å²) in [5, 5.41) is 0. The maximum absolute atomic E-state index is 12.5. The van der Waals surface area contributed by atoms with Crippen LogP contribution in [0.2, 0.25) is 0 Å². The van der Waals surface area contributed by atoms with E-state index in [1.165, 1.54) is 11.3 Å². The van der Waals surface area contributed by atoms with Crippen LogP contribution in [0.4, 0.5) is 5.69 Å². The van der Waals surface area contributed by atoms with Gasteiger partial charge in [-0.15, -0.1) is 0 Å². The van der Waals surface area contributed by atoms with Gasteiger partial charge in [-0.25, -0.2) is 13.1 Å². The molecule has 6 nitrogen and oxygen atoms in total. The van der Waals surface area contributed by atoms with Crippen LogP contribution in [0.25, 0.3) is 0 Å². The predicted molar refractivity (Wildman–Crippen MR) is 120 cm³/mol. The lowest BCUT2D eigenvalue weighted by molar-refractivity contribution is -0.131. The number of aryl methyl sites for hydroxylation is 3.